The van der Waals surface area contributed by atoms with Crippen LogP contribution in [0.3, 0.4) is 0 Å². The van der Waals surface area contributed by atoms with Crippen LogP contribution in [0.1, 0.15) is 34.6 Å². The molecule has 2 atom stereocenters. The van der Waals surface area contributed by atoms with Crippen molar-refractivity contribution in [3.8, 4) is 0 Å². The maximum atomic E-state index is 12.2. The molecule has 2 N–H and O–H groups in total. The van der Waals surface area contributed by atoms with Gasteiger partial charge in [-0.25, -0.2) is 0 Å². The normalized spacial score (nSPS) is 21.2. The van der Waals surface area contributed by atoms with Gasteiger partial charge in [0, 0.05) is 25.7 Å². The fraction of sp³-hybridized carbons (Fsp3) is 0.846. The Balaban J connectivity index is 2.96. The van der Waals surface area contributed by atoms with E-state index < -0.39 is 11.8 Å². The molecular weight excluding hydrogens is 230 g/mol. The summed E-state index contributed by atoms with van der Waals surface area (Å²) in [5.74, 6) is -0.820. The minimum atomic E-state index is -0.416. The predicted octanol–water partition coefficient (Wildman–Crippen LogP) is 0.439. The molecule has 0 aliphatic carbocycles. The van der Waals surface area contributed by atoms with Gasteiger partial charge in [0.05, 0.1) is 6.04 Å². The lowest BCUT2D eigenvalue weighted by Crippen LogP contribution is -2.63. The van der Waals surface area contributed by atoms with Crippen LogP contribution in [0.5, 0.6) is 0 Å². The number of amides is 2. The topological polar surface area (TPSA) is 66.6 Å². The molecule has 1 fully saturated rings. The molecule has 0 saturated carbocycles. The zero-order valence-corrected chi connectivity index (χ0v) is 12.1. The number of nitrogens with zero attached hydrogens (tertiary/aromatic N) is 2. The monoisotopic (exact) mass is 255 g/mol. The van der Waals surface area contributed by atoms with Gasteiger partial charge in [-0.05, 0) is 19.3 Å². The quantitative estimate of drug-likeness (QED) is 0.744. The van der Waals surface area contributed by atoms with Crippen LogP contribution in [0.25, 0.3) is 0 Å². The maximum absolute atomic E-state index is 12.2. The first-order valence-electron chi connectivity index (χ1n) is 6.55. The van der Waals surface area contributed by atoms with Gasteiger partial charge in [-0.1, -0.05) is 20.8 Å². The molecular formula is C13H25N3O2. The largest absolute Gasteiger partial charge is 0.333 e. The summed E-state index contributed by atoms with van der Waals surface area (Å²) in [6.07, 6.45) is 0. The lowest BCUT2D eigenvalue weighted by atomic mass is 9.81. The smallest absolute Gasteiger partial charge is 0.312 e. The van der Waals surface area contributed by atoms with Crippen LogP contribution in [0.4, 0.5) is 0 Å². The molecule has 0 aromatic carbocycles. The molecule has 5 heteroatoms. The number of nitrogens with two attached hydrogens (primary N) is 1. The Morgan fingerprint density at radius 2 is 1.78 bits per heavy atom. The van der Waals surface area contributed by atoms with E-state index in [1.165, 1.54) is 0 Å². The molecule has 0 aromatic rings. The van der Waals surface area contributed by atoms with E-state index in [0.29, 0.717) is 19.6 Å². The summed E-state index contributed by atoms with van der Waals surface area (Å²) in [5.41, 5.74) is 5.87. The molecule has 2 unspecified atom stereocenters. The number of likely N-dealkylation sites (N-methyl/N-ethyl adjacent to an activating group) is 1. The highest BCUT2D eigenvalue weighted by Gasteiger charge is 2.41. The summed E-state index contributed by atoms with van der Waals surface area (Å²) in [6, 6.07) is -0.275. The van der Waals surface area contributed by atoms with Gasteiger partial charge in [-0.2, -0.15) is 0 Å². The third kappa shape index (κ3) is 2.83. The predicted molar refractivity (Wildman–Crippen MR) is 70.9 cm³/mol. The highest BCUT2D eigenvalue weighted by Crippen LogP contribution is 2.27. The Kier molecular flexibility index (Phi) is 4.37. The van der Waals surface area contributed by atoms with E-state index in [-0.39, 0.29) is 17.5 Å². The van der Waals surface area contributed by atoms with Gasteiger partial charge in [0.2, 0.25) is 0 Å². The lowest BCUT2D eigenvalue weighted by molar-refractivity contribution is -0.159. The van der Waals surface area contributed by atoms with E-state index in [0.717, 1.165) is 0 Å². The average molecular weight is 255 g/mol. The van der Waals surface area contributed by atoms with Gasteiger partial charge in [-0.3, -0.25) is 9.59 Å². The Morgan fingerprint density at radius 1 is 1.22 bits per heavy atom. The van der Waals surface area contributed by atoms with Gasteiger partial charge in [0.1, 0.15) is 0 Å². The Bertz CT molecular complexity index is 334. The molecule has 0 radical (unpaired) electrons. The van der Waals surface area contributed by atoms with Crippen LogP contribution in [-0.2, 0) is 9.59 Å². The summed E-state index contributed by atoms with van der Waals surface area (Å²) in [7, 11) is 0. The molecule has 1 saturated heterocycles. The molecule has 2 amide bonds. The molecule has 1 aliphatic rings. The number of carbonyl (C=O) groups excluding carboxylic acids is 2. The maximum Gasteiger partial charge on any atom is 0.312 e. The minimum absolute atomic E-state index is 0.118. The fourth-order valence-electron chi connectivity index (χ4n) is 2.80. The van der Waals surface area contributed by atoms with Crippen molar-refractivity contribution in [3.63, 3.8) is 0 Å². The summed E-state index contributed by atoms with van der Waals surface area (Å²) in [5, 5.41) is 0. The number of hydrogen-bond donors (Lipinski definition) is 1. The third-order valence-corrected chi connectivity index (χ3v) is 3.44. The van der Waals surface area contributed by atoms with Gasteiger partial charge >= 0.3 is 11.8 Å². The Labute approximate surface area is 109 Å². The van der Waals surface area contributed by atoms with Crippen molar-refractivity contribution in [1.29, 1.82) is 0 Å². The van der Waals surface area contributed by atoms with E-state index >= 15 is 0 Å². The van der Waals surface area contributed by atoms with Gasteiger partial charge in [0.15, 0.2) is 0 Å². The van der Waals surface area contributed by atoms with Crippen LogP contribution in [0, 0.1) is 5.41 Å². The first kappa shape index (κ1) is 15.0. The van der Waals surface area contributed by atoms with Crippen LogP contribution in [0.2, 0.25) is 0 Å². The molecule has 5 nitrogen and oxygen atoms in total. The van der Waals surface area contributed by atoms with Gasteiger partial charge < -0.3 is 15.5 Å². The third-order valence-electron chi connectivity index (χ3n) is 3.44. The van der Waals surface area contributed by atoms with Crippen molar-refractivity contribution >= 4 is 11.8 Å². The van der Waals surface area contributed by atoms with Crippen molar-refractivity contribution in [3.05, 3.63) is 0 Å². The van der Waals surface area contributed by atoms with Crippen molar-refractivity contribution in [2.45, 2.75) is 46.7 Å². The second kappa shape index (κ2) is 5.26. The van der Waals surface area contributed by atoms with Crippen molar-refractivity contribution < 1.29 is 9.59 Å². The van der Waals surface area contributed by atoms with Crippen molar-refractivity contribution in [2.75, 3.05) is 19.6 Å². The average Bonchev–Trinajstić information content (AvgIpc) is 2.22. The van der Waals surface area contributed by atoms with Gasteiger partial charge in [0.25, 0.3) is 0 Å². The molecule has 0 aromatic heterocycles. The van der Waals surface area contributed by atoms with E-state index in [1.807, 2.05) is 34.6 Å². The van der Waals surface area contributed by atoms with E-state index in [2.05, 4.69) is 0 Å². The SMILES string of the molecule is CCN1CCN(C(C(C)N)C(C)(C)C)C(=O)C1=O. The summed E-state index contributed by atoms with van der Waals surface area (Å²) < 4.78 is 0. The van der Waals surface area contributed by atoms with Crippen LogP contribution >= 0.6 is 0 Å². The minimum Gasteiger partial charge on any atom is -0.333 e. The second-order valence-corrected chi connectivity index (χ2v) is 6.05. The lowest BCUT2D eigenvalue weighted by Gasteiger charge is -2.45. The van der Waals surface area contributed by atoms with Crippen molar-refractivity contribution in [2.24, 2.45) is 11.1 Å². The molecule has 18 heavy (non-hydrogen) atoms. The Hall–Kier alpha value is -1.10. The number of piperazine rings is 1. The van der Waals surface area contributed by atoms with Crippen LogP contribution in [-0.4, -0.2) is 53.3 Å². The standard InChI is InChI=1S/C13H25N3O2/c1-6-15-7-8-16(12(18)11(15)17)10(9(2)14)13(3,4)5/h9-10H,6-8,14H2,1-5H3. The zero-order valence-electron chi connectivity index (χ0n) is 12.1. The first-order valence-corrected chi connectivity index (χ1v) is 6.55. The molecule has 104 valence electrons. The summed E-state index contributed by atoms with van der Waals surface area (Å²) in [4.78, 5) is 27.3. The van der Waals surface area contributed by atoms with Gasteiger partial charge in [-0.15, -0.1) is 0 Å². The van der Waals surface area contributed by atoms with E-state index in [9.17, 15) is 9.59 Å². The van der Waals surface area contributed by atoms with Crippen LogP contribution < -0.4 is 5.73 Å². The fourth-order valence-corrected chi connectivity index (χ4v) is 2.80. The zero-order chi connectivity index (χ0) is 14.1. The van der Waals surface area contributed by atoms with E-state index in [1.54, 1.807) is 9.80 Å². The molecule has 1 rings (SSSR count). The summed E-state index contributed by atoms with van der Waals surface area (Å²) >= 11 is 0. The molecule has 1 heterocycles. The molecule has 0 spiro atoms. The van der Waals surface area contributed by atoms with Crippen LogP contribution in [0.15, 0.2) is 0 Å². The Morgan fingerprint density at radius 3 is 2.17 bits per heavy atom. The summed E-state index contributed by atoms with van der Waals surface area (Å²) in [6.45, 7) is 11.7. The first-order chi connectivity index (χ1) is 8.20. The highest BCUT2D eigenvalue weighted by molar-refractivity contribution is 6.35. The number of rotatable bonds is 3. The number of carbonyl (C=O) groups is 2. The highest BCUT2D eigenvalue weighted by atomic mass is 16.2. The molecule has 1 aliphatic heterocycles. The van der Waals surface area contributed by atoms with E-state index in [4.69, 9.17) is 5.73 Å². The van der Waals surface area contributed by atoms with Crippen molar-refractivity contribution in [1.82, 2.24) is 9.80 Å². The molecule has 0 bridgehead atoms. The number of hydrogen-bond acceptors (Lipinski definition) is 3. The second-order valence-electron chi connectivity index (χ2n) is 6.05.